The van der Waals surface area contributed by atoms with Gasteiger partial charge < -0.3 is 5.32 Å². The summed E-state index contributed by atoms with van der Waals surface area (Å²) < 4.78 is 25.5. The average Bonchev–Trinajstić information content (AvgIpc) is 2.86. The molecule has 1 heterocycles. The zero-order valence-electron chi connectivity index (χ0n) is 11.7. The Labute approximate surface area is 116 Å². The molecule has 1 fully saturated rings. The Morgan fingerprint density at radius 3 is 2.95 bits per heavy atom. The number of anilines is 1. The first-order valence-electron chi connectivity index (χ1n) is 6.76. The first-order valence-corrected chi connectivity index (χ1v) is 6.76. The summed E-state index contributed by atoms with van der Waals surface area (Å²) in [7, 11) is 0. The van der Waals surface area contributed by atoms with Gasteiger partial charge in [0.25, 0.3) is 6.43 Å². The summed E-state index contributed by atoms with van der Waals surface area (Å²) in [6.07, 6.45) is 2.10. The van der Waals surface area contributed by atoms with Crippen LogP contribution in [0.1, 0.15) is 33.1 Å². The molecule has 112 valence electrons. The lowest BCUT2D eigenvalue weighted by Gasteiger charge is -2.27. The smallest absolute Gasteiger partial charge is 0.320 e. The lowest BCUT2D eigenvalue weighted by molar-refractivity contribution is 0.122. The van der Waals surface area contributed by atoms with Gasteiger partial charge in [-0.15, -0.1) is 0 Å². The molecule has 1 saturated carbocycles. The molecule has 0 aliphatic heterocycles. The van der Waals surface area contributed by atoms with E-state index in [9.17, 15) is 13.6 Å². The minimum atomic E-state index is -2.46. The number of rotatable bonds is 4. The van der Waals surface area contributed by atoms with Crippen LogP contribution in [0.25, 0.3) is 0 Å². The molecule has 0 bridgehead atoms. The van der Waals surface area contributed by atoms with Gasteiger partial charge in [-0.05, 0) is 18.3 Å². The normalized spacial score (nSPS) is 21.1. The van der Waals surface area contributed by atoms with Crippen LogP contribution in [-0.2, 0) is 6.54 Å². The van der Waals surface area contributed by atoms with Crippen LogP contribution in [0.15, 0.2) is 12.3 Å². The zero-order valence-corrected chi connectivity index (χ0v) is 11.7. The third-order valence-electron chi connectivity index (χ3n) is 3.77. The van der Waals surface area contributed by atoms with E-state index in [0.29, 0.717) is 0 Å². The van der Waals surface area contributed by atoms with E-state index in [1.807, 2.05) is 0 Å². The Bertz CT molecular complexity index is 473. The molecular formula is C13H20F2N4O. The minimum Gasteiger partial charge on any atom is -0.335 e. The van der Waals surface area contributed by atoms with Gasteiger partial charge in [-0.2, -0.15) is 5.10 Å². The largest absolute Gasteiger partial charge is 0.335 e. The van der Waals surface area contributed by atoms with Gasteiger partial charge in [0.1, 0.15) is 6.54 Å². The molecule has 0 aromatic carbocycles. The van der Waals surface area contributed by atoms with Crippen LogP contribution in [0.2, 0.25) is 0 Å². The number of amides is 2. The fraction of sp³-hybridized carbons (Fsp3) is 0.692. The van der Waals surface area contributed by atoms with Crippen LogP contribution in [0.4, 0.5) is 19.4 Å². The molecule has 5 nitrogen and oxygen atoms in total. The summed E-state index contributed by atoms with van der Waals surface area (Å²) in [5.74, 6) is 0.277. The molecule has 20 heavy (non-hydrogen) atoms. The van der Waals surface area contributed by atoms with Crippen molar-refractivity contribution in [2.75, 3.05) is 5.32 Å². The summed E-state index contributed by atoms with van der Waals surface area (Å²) in [6.45, 7) is 3.78. The van der Waals surface area contributed by atoms with Gasteiger partial charge >= 0.3 is 6.03 Å². The number of carbonyl (C=O) groups excluding carboxylic acids is 1. The van der Waals surface area contributed by atoms with Gasteiger partial charge in [-0.25, -0.2) is 13.6 Å². The fourth-order valence-electron chi connectivity index (χ4n) is 2.58. The second kappa shape index (κ2) is 5.76. The number of nitrogens with zero attached hydrogens (tertiary/aromatic N) is 2. The number of carbonyl (C=O) groups is 1. The fourth-order valence-corrected chi connectivity index (χ4v) is 2.58. The molecule has 1 aromatic heterocycles. The maximum atomic E-state index is 12.2. The van der Waals surface area contributed by atoms with Gasteiger partial charge in [0.15, 0.2) is 5.82 Å². The topological polar surface area (TPSA) is 59.0 Å². The van der Waals surface area contributed by atoms with E-state index >= 15 is 0 Å². The molecule has 0 unspecified atom stereocenters. The number of halogens is 2. The second-order valence-electron chi connectivity index (χ2n) is 5.85. The SMILES string of the molecule is CC1(C)CCC[C@H]1NC(=O)Nc1ccn(CC(F)F)n1. The molecule has 1 atom stereocenters. The van der Waals surface area contributed by atoms with Crippen LogP contribution < -0.4 is 10.6 Å². The first-order chi connectivity index (χ1) is 9.37. The van der Waals surface area contributed by atoms with Crippen molar-refractivity contribution < 1.29 is 13.6 Å². The highest BCUT2D eigenvalue weighted by molar-refractivity contribution is 5.88. The molecule has 1 aliphatic rings. The van der Waals surface area contributed by atoms with Crippen LogP contribution in [-0.4, -0.2) is 28.3 Å². The maximum absolute atomic E-state index is 12.2. The summed E-state index contributed by atoms with van der Waals surface area (Å²) in [5, 5.41) is 9.36. The summed E-state index contributed by atoms with van der Waals surface area (Å²) >= 11 is 0. The number of nitrogens with one attached hydrogen (secondary N) is 2. The van der Waals surface area contributed by atoms with E-state index in [1.165, 1.54) is 12.3 Å². The van der Waals surface area contributed by atoms with E-state index in [-0.39, 0.29) is 23.3 Å². The van der Waals surface area contributed by atoms with E-state index in [4.69, 9.17) is 0 Å². The van der Waals surface area contributed by atoms with Crippen molar-refractivity contribution in [3.63, 3.8) is 0 Å². The molecule has 7 heteroatoms. The van der Waals surface area contributed by atoms with E-state index < -0.39 is 13.0 Å². The van der Waals surface area contributed by atoms with Crippen LogP contribution in [0.3, 0.4) is 0 Å². The van der Waals surface area contributed by atoms with Gasteiger partial charge in [-0.3, -0.25) is 10.00 Å². The minimum absolute atomic E-state index is 0.0897. The number of aromatic nitrogens is 2. The maximum Gasteiger partial charge on any atom is 0.320 e. The zero-order chi connectivity index (χ0) is 14.8. The summed E-state index contributed by atoms with van der Waals surface area (Å²) in [6, 6.07) is 1.29. The van der Waals surface area contributed by atoms with Crippen molar-refractivity contribution >= 4 is 11.8 Å². The highest BCUT2D eigenvalue weighted by atomic mass is 19.3. The highest BCUT2D eigenvalue weighted by Gasteiger charge is 2.35. The molecule has 0 spiro atoms. The monoisotopic (exact) mass is 286 g/mol. The van der Waals surface area contributed by atoms with E-state index in [1.54, 1.807) is 0 Å². The average molecular weight is 286 g/mol. The summed E-state index contributed by atoms with van der Waals surface area (Å²) in [4.78, 5) is 11.9. The molecule has 2 rings (SSSR count). The third-order valence-corrected chi connectivity index (χ3v) is 3.77. The van der Waals surface area contributed by atoms with Crippen LogP contribution in [0.5, 0.6) is 0 Å². The van der Waals surface area contributed by atoms with Crippen molar-refractivity contribution in [1.29, 1.82) is 0 Å². The predicted octanol–water partition coefficient (Wildman–Crippen LogP) is 2.85. The molecule has 0 radical (unpaired) electrons. The van der Waals surface area contributed by atoms with Gasteiger partial charge in [-0.1, -0.05) is 20.3 Å². The van der Waals surface area contributed by atoms with Gasteiger partial charge in [0, 0.05) is 18.3 Å². The number of alkyl halides is 2. The third kappa shape index (κ3) is 3.68. The van der Waals surface area contributed by atoms with Crippen molar-refractivity contribution in [1.82, 2.24) is 15.1 Å². The molecule has 1 aromatic rings. The number of hydrogen-bond donors (Lipinski definition) is 2. The quantitative estimate of drug-likeness (QED) is 0.894. The molecule has 2 N–H and O–H groups in total. The predicted molar refractivity (Wildman–Crippen MR) is 71.8 cm³/mol. The summed E-state index contributed by atoms with van der Waals surface area (Å²) in [5.41, 5.74) is 0.0897. The standard InChI is InChI=1S/C13H20F2N4O/c1-13(2)6-3-4-9(13)16-12(20)17-11-5-7-19(18-11)8-10(14)15/h5,7,9-10H,3-4,6,8H2,1-2H3,(H2,16,17,18,20)/t9-/m1/s1. The lowest BCUT2D eigenvalue weighted by Crippen LogP contribution is -2.43. The number of urea groups is 1. The molecule has 0 saturated heterocycles. The van der Waals surface area contributed by atoms with E-state index in [2.05, 4.69) is 29.6 Å². The molecular weight excluding hydrogens is 266 g/mol. The second-order valence-corrected chi connectivity index (χ2v) is 5.85. The van der Waals surface area contributed by atoms with Crippen LogP contribution in [0, 0.1) is 5.41 Å². The Balaban J connectivity index is 1.87. The van der Waals surface area contributed by atoms with Crippen molar-refractivity contribution in [2.45, 2.75) is 52.1 Å². The van der Waals surface area contributed by atoms with Crippen molar-refractivity contribution in [2.24, 2.45) is 5.41 Å². The Morgan fingerprint density at radius 2 is 2.35 bits per heavy atom. The Morgan fingerprint density at radius 1 is 1.60 bits per heavy atom. The molecule has 1 aliphatic carbocycles. The Kier molecular flexibility index (Phi) is 4.25. The van der Waals surface area contributed by atoms with Gasteiger partial charge in [0.05, 0.1) is 0 Å². The molecule has 2 amide bonds. The first kappa shape index (κ1) is 14.7. The van der Waals surface area contributed by atoms with Gasteiger partial charge in [0.2, 0.25) is 0 Å². The van der Waals surface area contributed by atoms with Crippen LogP contribution >= 0.6 is 0 Å². The lowest BCUT2D eigenvalue weighted by atomic mass is 9.87. The highest BCUT2D eigenvalue weighted by Crippen LogP contribution is 2.37. The Hall–Kier alpha value is -1.66. The van der Waals surface area contributed by atoms with E-state index in [0.717, 1.165) is 23.9 Å². The van der Waals surface area contributed by atoms with Crippen molar-refractivity contribution in [3.05, 3.63) is 12.3 Å². The number of hydrogen-bond acceptors (Lipinski definition) is 2. The van der Waals surface area contributed by atoms with Crippen molar-refractivity contribution in [3.8, 4) is 0 Å².